The first-order valence-corrected chi connectivity index (χ1v) is 5.94. The molecule has 3 N–H and O–H groups in total. The zero-order valence-corrected chi connectivity index (χ0v) is 10.1. The molecule has 0 radical (unpaired) electrons. The Kier molecular flexibility index (Phi) is 3.04. The van der Waals surface area contributed by atoms with Crippen molar-refractivity contribution in [2.75, 3.05) is 6.61 Å². The summed E-state index contributed by atoms with van der Waals surface area (Å²) in [5.74, 6) is 0. The minimum atomic E-state index is -0.320. The van der Waals surface area contributed by atoms with Crippen LogP contribution in [0.3, 0.4) is 0 Å². The van der Waals surface area contributed by atoms with Crippen molar-refractivity contribution in [3.8, 4) is 0 Å². The SMILES string of the molecule is CC1(C)CCCC1n1cncc1C(N)CO. The van der Waals surface area contributed by atoms with Crippen molar-refractivity contribution in [3.63, 3.8) is 0 Å². The molecule has 0 amide bonds. The minimum absolute atomic E-state index is 0.0289. The number of aromatic nitrogens is 2. The van der Waals surface area contributed by atoms with E-state index in [0.29, 0.717) is 11.5 Å². The second-order valence-corrected chi connectivity index (χ2v) is 5.41. The summed E-state index contributed by atoms with van der Waals surface area (Å²) in [7, 11) is 0. The molecule has 0 bridgehead atoms. The number of nitrogens with zero attached hydrogens (tertiary/aromatic N) is 2. The molecule has 4 nitrogen and oxygen atoms in total. The Bertz CT molecular complexity index is 359. The molecular weight excluding hydrogens is 202 g/mol. The maximum atomic E-state index is 9.14. The topological polar surface area (TPSA) is 64.1 Å². The molecule has 16 heavy (non-hydrogen) atoms. The lowest BCUT2D eigenvalue weighted by Crippen LogP contribution is -2.26. The van der Waals surface area contributed by atoms with Crippen molar-refractivity contribution >= 4 is 0 Å². The molecule has 0 aromatic carbocycles. The van der Waals surface area contributed by atoms with Crippen LogP contribution in [0.1, 0.15) is 50.9 Å². The highest BCUT2D eigenvalue weighted by molar-refractivity contribution is 5.08. The van der Waals surface area contributed by atoms with E-state index in [1.54, 1.807) is 6.20 Å². The van der Waals surface area contributed by atoms with Crippen LogP contribution in [-0.4, -0.2) is 21.3 Å². The molecule has 4 heteroatoms. The van der Waals surface area contributed by atoms with E-state index in [4.69, 9.17) is 10.8 Å². The van der Waals surface area contributed by atoms with Crippen LogP contribution in [0.5, 0.6) is 0 Å². The van der Waals surface area contributed by atoms with Gasteiger partial charge in [0.2, 0.25) is 0 Å². The van der Waals surface area contributed by atoms with Crippen LogP contribution in [0.2, 0.25) is 0 Å². The van der Waals surface area contributed by atoms with E-state index >= 15 is 0 Å². The van der Waals surface area contributed by atoms with Gasteiger partial charge in [-0.25, -0.2) is 4.98 Å². The highest BCUT2D eigenvalue weighted by Crippen LogP contribution is 2.46. The van der Waals surface area contributed by atoms with Gasteiger partial charge < -0.3 is 15.4 Å². The Morgan fingerprint density at radius 1 is 1.69 bits per heavy atom. The van der Waals surface area contributed by atoms with E-state index in [1.807, 2.05) is 6.33 Å². The predicted octanol–water partition coefficient (Wildman–Crippen LogP) is 1.63. The summed E-state index contributed by atoms with van der Waals surface area (Å²) < 4.78 is 2.16. The Hall–Kier alpha value is -0.870. The maximum absolute atomic E-state index is 9.14. The smallest absolute Gasteiger partial charge is 0.0951 e. The fourth-order valence-electron chi connectivity index (χ4n) is 2.78. The molecule has 1 aromatic heterocycles. The second kappa shape index (κ2) is 4.18. The van der Waals surface area contributed by atoms with Crippen LogP contribution >= 0.6 is 0 Å². The van der Waals surface area contributed by atoms with Crippen molar-refractivity contribution in [2.45, 2.75) is 45.2 Å². The van der Waals surface area contributed by atoms with Crippen LogP contribution in [0.25, 0.3) is 0 Å². The van der Waals surface area contributed by atoms with Crippen molar-refractivity contribution in [2.24, 2.45) is 11.1 Å². The molecule has 0 aliphatic heterocycles. The highest BCUT2D eigenvalue weighted by atomic mass is 16.3. The molecule has 2 unspecified atom stereocenters. The quantitative estimate of drug-likeness (QED) is 0.818. The lowest BCUT2D eigenvalue weighted by Gasteiger charge is -2.30. The monoisotopic (exact) mass is 223 g/mol. The Morgan fingerprint density at radius 3 is 3.00 bits per heavy atom. The van der Waals surface area contributed by atoms with Gasteiger partial charge in [0.05, 0.1) is 24.7 Å². The molecule has 1 heterocycles. The largest absolute Gasteiger partial charge is 0.394 e. The molecule has 90 valence electrons. The van der Waals surface area contributed by atoms with E-state index in [0.717, 1.165) is 5.69 Å². The Balaban J connectivity index is 2.30. The van der Waals surface area contributed by atoms with E-state index in [-0.39, 0.29) is 12.6 Å². The average Bonchev–Trinajstić information content (AvgIpc) is 2.82. The van der Waals surface area contributed by atoms with Gasteiger partial charge in [0.1, 0.15) is 0 Å². The zero-order valence-electron chi connectivity index (χ0n) is 10.1. The van der Waals surface area contributed by atoms with Crippen LogP contribution in [-0.2, 0) is 0 Å². The number of aliphatic hydroxyl groups is 1. The third-order valence-corrected chi connectivity index (χ3v) is 3.81. The lowest BCUT2D eigenvalue weighted by molar-refractivity contribution is 0.234. The van der Waals surface area contributed by atoms with Crippen LogP contribution < -0.4 is 5.73 Å². The van der Waals surface area contributed by atoms with Gasteiger partial charge >= 0.3 is 0 Å². The lowest BCUT2D eigenvalue weighted by atomic mass is 9.87. The molecule has 1 saturated carbocycles. The Labute approximate surface area is 96.5 Å². The van der Waals surface area contributed by atoms with Crippen molar-refractivity contribution in [1.29, 1.82) is 0 Å². The van der Waals surface area contributed by atoms with E-state index in [9.17, 15) is 0 Å². The molecule has 0 spiro atoms. The van der Waals surface area contributed by atoms with Crippen LogP contribution in [0.15, 0.2) is 12.5 Å². The summed E-state index contributed by atoms with van der Waals surface area (Å²) in [5.41, 5.74) is 7.13. The van der Waals surface area contributed by atoms with Crippen molar-refractivity contribution in [1.82, 2.24) is 9.55 Å². The van der Waals surface area contributed by atoms with E-state index in [2.05, 4.69) is 23.4 Å². The van der Waals surface area contributed by atoms with Gasteiger partial charge in [-0.2, -0.15) is 0 Å². The number of imidazole rings is 1. The summed E-state index contributed by atoms with van der Waals surface area (Å²) in [6.07, 6.45) is 7.29. The molecule has 1 aliphatic carbocycles. The number of rotatable bonds is 3. The fraction of sp³-hybridized carbons (Fsp3) is 0.750. The molecule has 2 atom stereocenters. The molecular formula is C12H21N3O. The number of nitrogens with two attached hydrogens (primary N) is 1. The first-order chi connectivity index (χ1) is 7.56. The third kappa shape index (κ3) is 1.87. The minimum Gasteiger partial charge on any atom is -0.394 e. The first-order valence-electron chi connectivity index (χ1n) is 5.94. The molecule has 1 aromatic rings. The van der Waals surface area contributed by atoms with Gasteiger partial charge in [-0.05, 0) is 18.3 Å². The second-order valence-electron chi connectivity index (χ2n) is 5.41. The molecule has 1 fully saturated rings. The van der Waals surface area contributed by atoms with Gasteiger partial charge in [-0.15, -0.1) is 0 Å². The number of hydrogen-bond acceptors (Lipinski definition) is 3. The molecule has 0 saturated heterocycles. The van der Waals surface area contributed by atoms with Gasteiger partial charge in [0.15, 0.2) is 0 Å². The number of hydrogen-bond donors (Lipinski definition) is 2. The van der Waals surface area contributed by atoms with Crippen LogP contribution in [0.4, 0.5) is 0 Å². The van der Waals surface area contributed by atoms with E-state index < -0.39 is 0 Å². The summed E-state index contributed by atoms with van der Waals surface area (Å²) in [4.78, 5) is 4.17. The van der Waals surface area contributed by atoms with Gasteiger partial charge in [0.25, 0.3) is 0 Å². The predicted molar refractivity (Wildman–Crippen MR) is 62.9 cm³/mol. The van der Waals surface area contributed by atoms with Gasteiger partial charge in [-0.3, -0.25) is 0 Å². The van der Waals surface area contributed by atoms with Crippen molar-refractivity contribution < 1.29 is 5.11 Å². The standard InChI is InChI=1S/C12H21N3O/c1-12(2)5-3-4-11(12)15-8-14-6-10(15)9(13)7-16/h6,8-9,11,16H,3-5,7,13H2,1-2H3. The summed E-state index contributed by atoms with van der Waals surface area (Å²) in [6, 6.07) is 0.140. The fourth-order valence-corrected chi connectivity index (χ4v) is 2.78. The van der Waals surface area contributed by atoms with Gasteiger partial charge in [0, 0.05) is 12.2 Å². The average molecular weight is 223 g/mol. The zero-order chi connectivity index (χ0) is 11.8. The normalized spacial score (nSPS) is 25.9. The van der Waals surface area contributed by atoms with Gasteiger partial charge in [-0.1, -0.05) is 20.3 Å². The maximum Gasteiger partial charge on any atom is 0.0951 e. The summed E-state index contributed by atoms with van der Waals surface area (Å²) >= 11 is 0. The summed E-state index contributed by atoms with van der Waals surface area (Å²) in [5, 5.41) is 9.14. The number of aliphatic hydroxyl groups excluding tert-OH is 1. The van der Waals surface area contributed by atoms with Crippen molar-refractivity contribution in [3.05, 3.63) is 18.2 Å². The summed E-state index contributed by atoms with van der Waals surface area (Å²) in [6.45, 7) is 4.55. The molecule has 1 aliphatic rings. The Morgan fingerprint density at radius 2 is 2.44 bits per heavy atom. The third-order valence-electron chi connectivity index (χ3n) is 3.81. The first kappa shape index (κ1) is 11.6. The highest BCUT2D eigenvalue weighted by Gasteiger charge is 2.36. The van der Waals surface area contributed by atoms with E-state index in [1.165, 1.54) is 19.3 Å². The van der Waals surface area contributed by atoms with Crippen LogP contribution in [0, 0.1) is 5.41 Å². The molecule has 2 rings (SSSR count).